The lowest BCUT2D eigenvalue weighted by Crippen LogP contribution is -2.37. The van der Waals surface area contributed by atoms with Crippen LogP contribution in [-0.2, 0) is 9.59 Å². The fourth-order valence-corrected chi connectivity index (χ4v) is 1.32. The molecule has 1 aromatic carbocycles. The Kier molecular flexibility index (Phi) is 4.19. The number of carboxylic acids is 1. The first-order valence-corrected chi connectivity index (χ1v) is 5.55. The number of hydrogen-bond donors (Lipinski definition) is 2. The minimum Gasteiger partial charge on any atom is -0.495 e. The van der Waals surface area contributed by atoms with Crippen molar-refractivity contribution in [1.29, 1.82) is 0 Å². The molecule has 0 radical (unpaired) electrons. The van der Waals surface area contributed by atoms with Crippen molar-refractivity contribution in [3.8, 4) is 5.75 Å². The van der Waals surface area contributed by atoms with Crippen LogP contribution in [0.1, 0.15) is 13.8 Å². The number of carbonyl (C=O) groups excluding carboxylic acids is 1. The summed E-state index contributed by atoms with van der Waals surface area (Å²) in [5.41, 5.74) is -1.08. The van der Waals surface area contributed by atoms with Crippen LogP contribution < -0.4 is 10.1 Å². The summed E-state index contributed by atoms with van der Waals surface area (Å²) >= 11 is 5.84. The number of anilines is 1. The number of aliphatic carboxylic acids is 1. The summed E-state index contributed by atoms with van der Waals surface area (Å²) in [6.45, 7) is 2.66. The van der Waals surface area contributed by atoms with Gasteiger partial charge in [-0.3, -0.25) is 9.59 Å². The van der Waals surface area contributed by atoms with Gasteiger partial charge in [0.1, 0.15) is 11.2 Å². The maximum atomic E-state index is 11.8. The van der Waals surface area contributed by atoms with Gasteiger partial charge in [-0.05, 0) is 26.0 Å². The second-order valence-corrected chi connectivity index (χ2v) is 4.64. The van der Waals surface area contributed by atoms with Crippen LogP contribution in [0, 0.1) is 5.41 Å². The minimum absolute atomic E-state index is 0.405. The topological polar surface area (TPSA) is 75.6 Å². The van der Waals surface area contributed by atoms with E-state index in [-0.39, 0.29) is 0 Å². The van der Waals surface area contributed by atoms with Gasteiger partial charge in [0.25, 0.3) is 0 Å². The summed E-state index contributed by atoms with van der Waals surface area (Å²) in [7, 11) is 1.45. The highest BCUT2D eigenvalue weighted by molar-refractivity contribution is 6.32. The molecule has 0 spiro atoms. The SMILES string of the molecule is COc1cc(NC(=O)C(C)(C)C(=O)O)ccc1Cl. The normalized spacial score (nSPS) is 10.9. The summed E-state index contributed by atoms with van der Waals surface area (Å²) in [6.07, 6.45) is 0. The zero-order chi connectivity index (χ0) is 13.9. The minimum atomic E-state index is -1.51. The molecule has 0 aliphatic carbocycles. The van der Waals surface area contributed by atoms with E-state index in [0.717, 1.165) is 0 Å². The monoisotopic (exact) mass is 271 g/mol. The first kappa shape index (κ1) is 14.3. The van der Waals surface area contributed by atoms with E-state index in [1.807, 2.05) is 0 Å². The highest BCUT2D eigenvalue weighted by Crippen LogP contribution is 2.28. The van der Waals surface area contributed by atoms with Crippen LogP contribution in [-0.4, -0.2) is 24.1 Å². The first-order chi connectivity index (χ1) is 8.28. The summed E-state index contributed by atoms with van der Waals surface area (Å²) < 4.78 is 5.00. The maximum absolute atomic E-state index is 11.8. The molecule has 1 amide bonds. The zero-order valence-corrected chi connectivity index (χ0v) is 11.0. The average molecular weight is 272 g/mol. The molecular formula is C12H14ClNO4. The van der Waals surface area contributed by atoms with Crippen molar-refractivity contribution in [3.05, 3.63) is 23.2 Å². The molecule has 0 aliphatic rings. The van der Waals surface area contributed by atoms with Crippen LogP contribution in [0.15, 0.2) is 18.2 Å². The third-order valence-corrected chi connectivity index (χ3v) is 2.82. The number of ether oxygens (including phenoxy) is 1. The largest absolute Gasteiger partial charge is 0.495 e. The van der Waals surface area contributed by atoms with E-state index in [9.17, 15) is 9.59 Å². The summed E-state index contributed by atoms with van der Waals surface area (Å²) in [4.78, 5) is 22.7. The van der Waals surface area contributed by atoms with Gasteiger partial charge in [-0.15, -0.1) is 0 Å². The highest BCUT2D eigenvalue weighted by Gasteiger charge is 2.36. The lowest BCUT2D eigenvalue weighted by Gasteiger charge is -2.18. The van der Waals surface area contributed by atoms with Gasteiger partial charge in [0.15, 0.2) is 0 Å². The Hall–Kier alpha value is -1.75. The molecule has 0 aromatic heterocycles. The molecule has 5 nitrogen and oxygen atoms in total. The third kappa shape index (κ3) is 2.92. The Morgan fingerprint density at radius 1 is 1.39 bits per heavy atom. The fraction of sp³-hybridized carbons (Fsp3) is 0.333. The molecule has 18 heavy (non-hydrogen) atoms. The van der Waals surface area contributed by atoms with Gasteiger partial charge in [-0.1, -0.05) is 11.6 Å². The maximum Gasteiger partial charge on any atom is 0.318 e. The summed E-state index contributed by atoms with van der Waals surface area (Å²) in [5.74, 6) is -1.40. The Labute approximate surface area is 110 Å². The second-order valence-electron chi connectivity index (χ2n) is 4.23. The lowest BCUT2D eigenvalue weighted by molar-refractivity contribution is -0.151. The van der Waals surface area contributed by atoms with Crippen molar-refractivity contribution in [2.45, 2.75) is 13.8 Å². The molecule has 1 rings (SSSR count). The lowest BCUT2D eigenvalue weighted by atomic mass is 9.92. The first-order valence-electron chi connectivity index (χ1n) is 5.17. The molecule has 0 aliphatic heterocycles. The smallest absolute Gasteiger partial charge is 0.318 e. The number of carbonyl (C=O) groups is 2. The average Bonchev–Trinajstić information content (AvgIpc) is 2.31. The molecule has 98 valence electrons. The quantitative estimate of drug-likeness (QED) is 0.825. The van der Waals surface area contributed by atoms with Crippen molar-refractivity contribution in [2.75, 3.05) is 12.4 Å². The number of carboxylic acid groups (broad SMARTS) is 1. The summed E-state index contributed by atoms with van der Waals surface area (Å²) in [6, 6.07) is 4.66. The number of amides is 1. The molecule has 0 heterocycles. The van der Waals surface area contributed by atoms with Gasteiger partial charge < -0.3 is 15.2 Å². The van der Waals surface area contributed by atoms with Gasteiger partial charge in [-0.25, -0.2) is 0 Å². The van der Waals surface area contributed by atoms with Gasteiger partial charge >= 0.3 is 5.97 Å². The van der Waals surface area contributed by atoms with Crippen molar-refractivity contribution < 1.29 is 19.4 Å². The molecule has 1 aromatic rings. The molecule has 2 N–H and O–H groups in total. The molecule has 0 atom stereocenters. The molecular weight excluding hydrogens is 258 g/mol. The van der Waals surface area contributed by atoms with Crippen LogP contribution in [0.3, 0.4) is 0 Å². The Morgan fingerprint density at radius 2 is 2.00 bits per heavy atom. The van der Waals surface area contributed by atoms with Crippen LogP contribution >= 0.6 is 11.6 Å². The van der Waals surface area contributed by atoms with E-state index in [4.69, 9.17) is 21.4 Å². The van der Waals surface area contributed by atoms with Gasteiger partial charge in [0.2, 0.25) is 5.91 Å². The van der Waals surface area contributed by atoms with E-state index < -0.39 is 17.3 Å². The molecule has 0 fully saturated rings. The van der Waals surface area contributed by atoms with E-state index in [1.165, 1.54) is 27.0 Å². The predicted molar refractivity (Wildman–Crippen MR) is 68.1 cm³/mol. The third-order valence-electron chi connectivity index (χ3n) is 2.51. The molecule has 6 heteroatoms. The zero-order valence-electron chi connectivity index (χ0n) is 10.3. The van der Waals surface area contributed by atoms with Crippen molar-refractivity contribution in [1.82, 2.24) is 0 Å². The number of benzene rings is 1. The predicted octanol–water partition coefficient (Wildman–Crippen LogP) is 2.40. The van der Waals surface area contributed by atoms with Crippen molar-refractivity contribution in [2.24, 2.45) is 5.41 Å². The Balaban J connectivity index is 2.92. The Morgan fingerprint density at radius 3 is 2.50 bits per heavy atom. The van der Waals surface area contributed by atoms with Crippen molar-refractivity contribution >= 4 is 29.2 Å². The van der Waals surface area contributed by atoms with Gasteiger partial charge in [0, 0.05) is 11.8 Å². The summed E-state index contributed by atoms with van der Waals surface area (Å²) in [5, 5.41) is 11.8. The van der Waals surface area contributed by atoms with Crippen molar-refractivity contribution in [3.63, 3.8) is 0 Å². The van der Waals surface area contributed by atoms with Crippen LogP contribution in [0.2, 0.25) is 5.02 Å². The standard InChI is InChI=1S/C12H14ClNO4/c1-12(2,11(16)17)10(15)14-7-4-5-8(13)9(6-7)18-3/h4-6H,1-3H3,(H,14,15)(H,16,17). The number of halogens is 1. The highest BCUT2D eigenvalue weighted by atomic mass is 35.5. The number of nitrogens with one attached hydrogen (secondary N) is 1. The van der Waals surface area contributed by atoms with Crippen LogP contribution in [0.25, 0.3) is 0 Å². The fourth-order valence-electron chi connectivity index (χ4n) is 1.12. The number of methoxy groups -OCH3 is 1. The molecule has 0 bridgehead atoms. The molecule has 0 saturated carbocycles. The van der Waals surface area contributed by atoms with Gasteiger partial charge in [0.05, 0.1) is 12.1 Å². The molecule has 0 saturated heterocycles. The second kappa shape index (κ2) is 5.27. The van der Waals surface area contributed by atoms with Crippen LogP contribution in [0.5, 0.6) is 5.75 Å². The van der Waals surface area contributed by atoms with Gasteiger partial charge in [-0.2, -0.15) is 0 Å². The van der Waals surface area contributed by atoms with E-state index in [1.54, 1.807) is 12.1 Å². The van der Waals surface area contributed by atoms with E-state index in [2.05, 4.69) is 5.32 Å². The molecule has 0 unspecified atom stereocenters. The van der Waals surface area contributed by atoms with E-state index >= 15 is 0 Å². The number of hydrogen-bond acceptors (Lipinski definition) is 3. The number of rotatable bonds is 4. The Bertz CT molecular complexity index is 485. The van der Waals surface area contributed by atoms with Crippen LogP contribution in [0.4, 0.5) is 5.69 Å². The van der Waals surface area contributed by atoms with E-state index in [0.29, 0.717) is 16.5 Å².